The number of carbonyl (C=O) groups is 1. The molecule has 0 atom stereocenters. The molecule has 0 bridgehead atoms. The maximum absolute atomic E-state index is 12.3. The lowest BCUT2D eigenvalue weighted by atomic mass is 10.1. The summed E-state index contributed by atoms with van der Waals surface area (Å²) in [7, 11) is 0. The van der Waals surface area contributed by atoms with E-state index in [-0.39, 0.29) is 6.03 Å². The zero-order valence-electron chi connectivity index (χ0n) is 13.9. The predicted molar refractivity (Wildman–Crippen MR) is 91.1 cm³/mol. The van der Waals surface area contributed by atoms with E-state index in [0.29, 0.717) is 6.54 Å². The highest BCUT2D eigenvalue weighted by Crippen LogP contribution is 2.22. The van der Waals surface area contributed by atoms with E-state index in [1.165, 1.54) is 38.5 Å². The second-order valence-electron chi connectivity index (χ2n) is 6.65. The quantitative estimate of drug-likeness (QED) is 0.872. The summed E-state index contributed by atoms with van der Waals surface area (Å²) in [6, 6.07) is 6.55. The lowest BCUT2D eigenvalue weighted by Crippen LogP contribution is -2.54. The molecule has 5 nitrogen and oxygen atoms in total. The van der Waals surface area contributed by atoms with E-state index in [4.69, 9.17) is 0 Å². The summed E-state index contributed by atoms with van der Waals surface area (Å²) in [5.41, 5.74) is 0.901. The third kappa shape index (κ3) is 4.67. The highest BCUT2D eigenvalue weighted by Gasteiger charge is 2.26. The molecule has 1 aromatic heterocycles. The number of urea groups is 1. The molecule has 1 saturated carbocycles. The topological polar surface area (TPSA) is 48.5 Å². The number of amides is 2. The molecule has 2 amide bonds. The van der Waals surface area contributed by atoms with Crippen molar-refractivity contribution in [3.8, 4) is 0 Å². The highest BCUT2D eigenvalue weighted by molar-refractivity contribution is 5.74. The van der Waals surface area contributed by atoms with Crippen molar-refractivity contribution in [3.63, 3.8) is 0 Å². The van der Waals surface area contributed by atoms with Crippen LogP contribution in [0.1, 0.15) is 44.2 Å². The molecular weight excluding hydrogens is 288 g/mol. The first-order chi connectivity index (χ1) is 11.3. The van der Waals surface area contributed by atoms with Crippen LogP contribution >= 0.6 is 0 Å². The fourth-order valence-electron chi connectivity index (χ4n) is 3.69. The van der Waals surface area contributed by atoms with Gasteiger partial charge in [-0.2, -0.15) is 0 Å². The van der Waals surface area contributed by atoms with Crippen LogP contribution in [0.25, 0.3) is 0 Å². The molecule has 0 spiro atoms. The number of hydrogen-bond donors (Lipinski definition) is 1. The van der Waals surface area contributed by atoms with Crippen LogP contribution < -0.4 is 5.32 Å². The SMILES string of the molecule is O=C(NCc1ccccn1)N1CCN(C2CCCCCC2)CC1. The zero-order valence-corrected chi connectivity index (χ0v) is 13.9. The maximum atomic E-state index is 12.3. The first-order valence-electron chi connectivity index (χ1n) is 8.99. The number of piperazine rings is 1. The Morgan fingerprint density at radius 2 is 1.83 bits per heavy atom. The van der Waals surface area contributed by atoms with Crippen LogP contribution in [0.5, 0.6) is 0 Å². The second kappa shape index (κ2) is 8.29. The minimum atomic E-state index is 0.0381. The summed E-state index contributed by atoms with van der Waals surface area (Å²) in [6.45, 7) is 4.21. The van der Waals surface area contributed by atoms with Gasteiger partial charge in [-0.3, -0.25) is 9.88 Å². The molecular formula is C18H28N4O. The van der Waals surface area contributed by atoms with Gasteiger partial charge in [0.2, 0.25) is 0 Å². The third-order valence-corrected chi connectivity index (χ3v) is 5.09. The molecule has 1 aromatic rings. The van der Waals surface area contributed by atoms with Gasteiger partial charge in [-0.05, 0) is 25.0 Å². The first-order valence-corrected chi connectivity index (χ1v) is 8.99. The molecule has 5 heteroatoms. The van der Waals surface area contributed by atoms with Gasteiger partial charge in [0, 0.05) is 38.4 Å². The van der Waals surface area contributed by atoms with E-state index >= 15 is 0 Å². The Balaban J connectivity index is 1.42. The summed E-state index contributed by atoms with van der Waals surface area (Å²) in [5, 5.41) is 2.98. The molecule has 1 aliphatic carbocycles. The van der Waals surface area contributed by atoms with Gasteiger partial charge < -0.3 is 10.2 Å². The van der Waals surface area contributed by atoms with Gasteiger partial charge in [-0.25, -0.2) is 4.79 Å². The summed E-state index contributed by atoms with van der Waals surface area (Å²) < 4.78 is 0. The van der Waals surface area contributed by atoms with Crippen LogP contribution in [-0.2, 0) is 6.54 Å². The Morgan fingerprint density at radius 3 is 2.48 bits per heavy atom. The van der Waals surface area contributed by atoms with Crippen LogP contribution in [0.2, 0.25) is 0 Å². The molecule has 23 heavy (non-hydrogen) atoms. The van der Waals surface area contributed by atoms with E-state index < -0.39 is 0 Å². The molecule has 2 fully saturated rings. The van der Waals surface area contributed by atoms with Crippen LogP contribution in [0.15, 0.2) is 24.4 Å². The highest BCUT2D eigenvalue weighted by atomic mass is 16.2. The lowest BCUT2D eigenvalue weighted by Gasteiger charge is -2.39. The molecule has 2 heterocycles. The van der Waals surface area contributed by atoms with Gasteiger partial charge >= 0.3 is 6.03 Å². The molecule has 1 aliphatic heterocycles. The number of aromatic nitrogens is 1. The normalized spacial score (nSPS) is 21.0. The average Bonchev–Trinajstić information content (AvgIpc) is 2.90. The Bertz CT molecular complexity index is 477. The van der Waals surface area contributed by atoms with Crippen LogP contribution in [0.3, 0.4) is 0 Å². The zero-order chi connectivity index (χ0) is 15.9. The molecule has 2 aliphatic rings. The molecule has 0 aromatic carbocycles. The van der Waals surface area contributed by atoms with Gasteiger partial charge in [-0.15, -0.1) is 0 Å². The first kappa shape index (κ1) is 16.2. The van der Waals surface area contributed by atoms with Gasteiger partial charge in [0.15, 0.2) is 0 Å². The van der Waals surface area contributed by atoms with Gasteiger partial charge in [-0.1, -0.05) is 31.7 Å². The van der Waals surface area contributed by atoms with Crippen molar-refractivity contribution >= 4 is 6.03 Å². The Morgan fingerprint density at radius 1 is 1.09 bits per heavy atom. The van der Waals surface area contributed by atoms with Gasteiger partial charge in [0.25, 0.3) is 0 Å². The molecule has 126 valence electrons. The van der Waals surface area contributed by atoms with Crippen molar-refractivity contribution < 1.29 is 4.79 Å². The second-order valence-corrected chi connectivity index (χ2v) is 6.65. The van der Waals surface area contributed by atoms with Gasteiger partial charge in [0.1, 0.15) is 0 Å². The Kier molecular flexibility index (Phi) is 5.86. The molecule has 3 rings (SSSR count). The maximum Gasteiger partial charge on any atom is 0.317 e. The van der Waals surface area contributed by atoms with Crippen LogP contribution in [-0.4, -0.2) is 53.0 Å². The molecule has 1 N–H and O–H groups in total. The molecule has 0 unspecified atom stereocenters. The number of nitrogens with one attached hydrogen (secondary N) is 1. The lowest BCUT2D eigenvalue weighted by molar-refractivity contribution is 0.101. The number of pyridine rings is 1. The Labute approximate surface area is 139 Å². The largest absolute Gasteiger partial charge is 0.332 e. The predicted octanol–water partition coefficient (Wildman–Crippen LogP) is 2.63. The number of rotatable bonds is 3. The Hall–Kier alpha value is -1.62. The van der Waals surface area contributed by atoms with Crippen molar-refractivity contribution in [2.75, 3.05) is 26.2 Å². The minimum Gasteiger partial charge on any atom is -0.332 e. The van der Waals surface area contributed by atoms with Crippen LogP contribution in [0.4, 0.5) is 4.79 Å². The monoisotopic (exact) mass is 316 g/mol. The van der Waals surface area contributed by atoms with E-state index in [2.05, 4.69) is 15.2 Å². The van der Waals surface area contributed by atoms with E-state index in [1.54, 1.807) is 6.20 Å². The molecule has 1 saturated heterocycles. The van der Waals surface area contributed by atoms with Crippen molar-refractivity contribution in [1.29, 1.82) is 0 Å². The van der Waals surface area contributed by atoms with E-state index in [9.17, 15) is 4.79 Å². The number of hydrogen-bond acceptors (Lipinski definition) is 3. The van der Waals surface area contributed by atoms with E-state index in [0.717, 1.165) is 37.9 Å². The smallest absolute Gasteiger partial charge is 0.317 e. The number of carbonyl (C=O) groups excluding carboxylic acids is 1. The summed E-state index contributed by atoms with van der Waals surface area (Å²) in [5.74, 6) is 0. The standard InChI is InChI=1S/C18H28N4O/c23-18(20-15-16-7-5-6-10-19-16)22-13-11-21(12-14-22)17-8-3-1-2-4-9-17/h5-7,10,17H,1-4,8-9,11-15H2,(H,20,23). The van der Waals surface area contributed by atoms with Crippen molar-refractivity contribution in [2.24, 2.45) is 0 Å². The third-order valence-electron chi connectivity index (χ3n) is 5.09. The van der Waals surface area contributed by atoms with Crippen LogP contribution in [0, 0.1) is 0 Å². The molecule has 0 radical (unpaired) electrons. The van der Waals surface area contributed by atoms with E-state index in [1.807, 2.05) is 23.1 Å². The number of nitrogens with zero attached hydrogens (tertiary/aromatic N) is 3. The van der Waals surface area contributed by atoms with Crippen molar-refractivity contribution in [1.82, 2.24) is 20.1 Å². The summed E-state index contributed by atoms with van der Waals surface area (Å²) in [4.78, 5) is 21.1. The van der Waals surface area contributed by atoms with Crippen molar-refractivity contribution in [3.05, 3.63) is 30.1 Å². The summed E-state index contributed by atoms with van der Waals surface area (Å²) in [6.07, 6.45) is 9.97. The fraction of sp³-hybridized carbons (Fsp3) is 0.667. The summed E-state index contributed by atoms with van der Waals surface area (Å²) >= 11 is 0. The van der Waals surface area contributed by atoms with Gasteiger partial charge in [0.05, 0.1) is 12.2 Å². The average molecular weight is 316 g/mol. The minimum absolute atomic E-state index is 0.0381. The fourth-order valence-corrected chi connectivity index (χ4v) is 3.69. The van der Waals surface area contributed by atoms with Crippen molar-refractivity contribution in [2.45, 2.75) is 51.1 Å².